The van der Waals surface area contributed by atoms with Gasteiger partial charge in [0.25, 0.3) is 0 Å². The lowest BCUT2D eigenvalue weighted by atomic mass is 10.0. The highest BCUT2D eigenvalue weighted by Gasteiger charge is 2.82. The van der Waals surface area contributed by atoms with Crippen LogP contribution in [0.3, 0.4) is 0 Å². The number of alkyl halides is 18. The second-order valence-corrected chi connectivity index (χ2v) is 10.6. The fourth-order valence-corrected chi connectivity index (χ4v) is 2.85. The molecule has 0 aliphatic rings. The molecule has 0 rings (SSSR count). The minimum atomic E-state index is -7.25. The van der Waals surface area contributed by atoms with Gasteiger partial charge in [-0.05, 0) is 0 Å². The Morgan fingerprint density at radius 3 is 1.28 bits per heavy atom. The predicted molar refractivity (Wildman–Crippen MR) is 115 cm³/mol. The normalized spacial score (nSPS) is 15.5. The zero-order chi connectivity index (χ0) is 37.0. The Morgan fingerprint density at radius 2 is 0.935 bits per heavy atom. The van der Waals surface area contributed by atoms with Crippen LogP contribution in [-0.4, -0.2) is 118 Å². The van der Waals surface area contributed by atoms with Crippen molar-refractivity contribution in [1.82, 2.24) is 0 Å². The topological polar surface area (TPSA) is 61.8 Å². The van der Waals surface area contributed by atoms with Crippen molar-refractivity contribution in [2.24, 2.45) is 5.92 Å². The minimum absolute atomic E-state index is 0.160. The van der Waals surface area contributed by atoms with Crippen LogP contribution in [0.15, 0.2) is 0 Å². The van der Waals surface area contributed by atoms with Gasteiger partial charge in [0.2, 0.25) is 0 Å². The first-order valence-electron chi connectivity index (χ1n) is 12.2. The van der Waals surface area contributed by atoms with E-state index in [9.17, 15) is 88.6 Å². The molecule has 0 aromatic rings. The summed E-state index contributed by atoms with van der Waals surface area (Å²) >= 11 is 0. The summed E-state index contributed by atoms with van der Waals surface area (Å²) in [6.45, 7) is -5.00. The standard InChI is InChI=1S/C22H26F18NO5/c1-41(2,3)6-9-44-11-12(14(43)46-8-5-16(25,26)18(29,30)20(33,34)22(38,39)40)10-13(42)45-7-4-15(23,24)17(27,28)19(31,32)21(35,36)37/h12H,4-11H2,1-3H3/q+1. The molecule has 1 atom stereocenters. The van der Waals surface area contributed by atoms with Crippen molar-refractivity contribution in [3.8, 4) is 0 Å². The van der Waals surface area contributed by atoms with E-state index in [4.69, 9.17) is 4.74 Å². The molecular weight excluding hydrogens is 700 g/mol. The van der Waals surface area contributed by atoms with Crippen LogP contribution in [0.25, 0.3) is 0 Å². The number of rotatable bonds is 18. The monoisotopic (exact) mass is 726 g/mol. The number of likely N-dealkylation sites (N-methyl/N-ethyl adjacent to an activating group) is 1. The molecule has 0 heterocycles. The van der Waals surface area contributed by atoms with Gasteiger partial charge in [-0.25, -0.2) is 0 Å². The molecule has 0 aromatic carbocycles. The van der Waals surface area contributed by atoms with Crippen molar-refractivity contribution in [3.63, 3.8) is 0 Å². The molecule has 6 nitrogen and oxygen atoms in total. The summed E-state index contributed by atoms with van der Waals surface area (Å²) in [6, 6.07) is 0. The summed E-state index contributed by atoms with van der Waals surface area (Å²) in [7, 11) is 4.86. The van der Waals surface area contributed by atoms with Crippen LogP contribution in [0.2, 0.25) is 0 Å². The number of quaternary nitrogens is 1. The molecular formula is C22H26F18NO5+. The van der Waals surface area contributed by atoms with Crippen LogP contribution >= 0.6 is 0 Å². The van der Waals surface area contributed by atoms with E-state index in [1.54, 1.807) is 21.1 Å². The zero-order valence-corrected chi connectivity index (χ0v) is 23.5. The number of ether oxygens (including phenoxy) is 3. The molecule has 0 saturated heterocycles. The van der Waals surface area contributed by atoms with Gasteiger partial charge in [0, 0.05) is 0 Å². The summed E-state index contributed by atoms with van der Waals surface area (Å²) in [5.41, 5.74) is 0. The van der Waals surface area contributed by atoms with Gasteiger partial charge in [-0.1, -0.05) is 0 Å². The Morgan fingerprint density at radius 1 is 0.565 bits per heavy atom. The Hall–Kier alpha value is -2.40. The molecule has 46 heavy (non-hydrogen) atoms. The van der Waals surface area contributed by atoms with E-state index < -0.39 is 105 Å². The van der Waals surface area contributed by atoms with Crippen molar-refractivity contribution in [2.75, 3.05) is 54.1 Å². The van der Waals surface area contributed by atoms with Gasteiger partial charge in [0.1, 0.15) is 6.54 Å². The first kappa shape index (κ1) is 43.6. The van der Waals surface area contributed by atoms with Crippen molar-refractivity contribution >= 4 is 11.9 Å². The third kappa shape index (κ3) is 10.3. The molecule has 0 saturated carbocycles. The Kier molecular flexibility index (Phi) is 13.6. The van der Waals surface area contributed by atoms with Crippen LogP contribution in [0.4, 0.5) is 79.0 Å². The molecule has 0 aromatic heterocycles. The van der Waals surface area contributed by atoms with Crippen LogP contribution in [0, 0.1) is 5.92 Å². The van der Waals surface area contributed by atoms with Gasteiger partial charge >= 0.3 is 59.8 Å². The molecule has 0 aliphatic heterocycles. The maximum absolute atomic E-state index is 13.7. The quantitative estimate of drug-likeness (QED) is 0.0698. The highest BCUT2D eigenvalue weighted by atomic mass is 19.4. The number of hydrogen-bond donors (Lipinski definition) is 0. The average Bonchev–Trinajstić information content (AvgIpc) is 2.83. The summed E-state index contributed by atoms with van der Waals surface area (Å²) in [5.74, 6) is -46.7. The number of carbonyl (C=O) groups excluding carboxylic acids is 2. The third-order valence-corrected chi connectivity index (χ3v) is 5.73. The smallest absolute Gasteiger partial charge is 0.460 e. The van der Waals surface area contributed by atoms with Gasteiger partial charge in [-0.2, -0.15) is 79.0 Å². The average molecular weight is 726 g/mol. The SMILES string of the molecule is C[N+](C)(C)CCOCC(CC(=O)OCCC(F)(F)C(F)(F)C(F)(F)C(F)(F)F)C(=O)OCCC(F)(F)C(F)(F)C(F)(F)C(F)(F)F. The number of hydrogen-bond acceptors (Lipinski definition) is 5. The molecule has 0 N–H and O–H groups in total. The van der Waals surface area contributed by atoms with Crippen molar-refractivity contribution in [2.45, 2.75) is 67.2 Å². The number of carbonyl (C=O) groups is 2. The Balaban J connectivity index is 5.57. The maximum atomic E-state index is 13.7. The molecule has 274 valence electrons. The molecule has 1 unspecified atom stereocenters. The van der Waals surface area contributed by atoms with E-state index in [2.05, 4.69) is 9.47 Å². The summed E-state index contributed by atoms with van der Waals surface area (Å²) in [6.07, 6.45) is -20.9. The highest BCUT2D eigenvalue weighted by Crippen LogP contribution is 2.55. The molecule has 0 fully saturated rings. The second-order valence-electron chi connectivity index (χ2n) is 10.6. The Bertz CT molecular complexity index is 1020. The van der Waals surface area contributed by atoms with Crippen LogP contribution in [0.1, 0.15) is 19.3 Å². The second kappa shape index (κ2) is 14.4. The predicted octanol–water partition coefficient (Wildman–Crippen LogP) is 6.52. The lowest BCUT2D eigenvalue weighted by Gasteiger charge is -2.33. The van der Waals surface area contributed by atoms with Gasteiger partial charge in [0.15, 0.2) is 0 Å². The zero-order valence-electron chi connectivity index (χ0n) is 23.5. The van der Waals surface area contributed by atoms with Crippen molar-refractivity contribution in [1.29, 1.82) is 0 Å². The summed E-state index contributed by atoms with van der Waals surface area (Å²) in [5, 5.41) is 0. The van der Waals surface area contributed by atoms with Crippen LogP contribution in [0.5, 0.6) is 0 Å². The van der Waals surface area contributed by atoms with Gasteiger partial charge in [-0.3, -0.25) is 9.59 Å². The van der Waals surface area contributed by atoms with Crippen LogP contribution < -0.4 is 0 Å². The highest BCUT2D eigenvalue weighted by molar-refractivity contribution is 5.80. The lowest BCUT2D eigenvalue weighted by Crippen LogP contribution is -2.61. The summed E-state index contributed by atoms with van der Waals surface area (Å²) in [4.78, 5) is 24.2. The maximum Gasteiger partial charge on any atom is 0.460 e. The summed E-state index contributed by atoms with van der Waals surface area (Å²) < 4.78 is 246. The molecule has 0 amide bonds. The lowest BCUT2D eigenvalue weighted by molar-refractivity contribution is -0.870. The van der Waals surface area contributed by atoms with Crippen molar-refractivity contribution < 1.29 is 107 Å². The fraction of sp³-hybridized carbons (Fsp3) is 0.909. The van der Waals surface area contributed by atoms with Gasteiger partial charge in [-0.15, -0.1) is 0 Å². The van der Waals surface area contributed by atoms with E-state index in [0.717, 1.165) is 0 Å². The van der Waals surface area contributed by atoms with Gasteiger partial charge < -0.3 is 18.7 Å². The third-order valence-electron chi connectivity index (χ3n) is 5.73. The first-order valence-corrected chi connectivity index (χ1v) is 12.2. The van der Waals surface area contributed by atoms with E-state index in [1.165, 1.54) is 0 Å². The molecule has 0 aliphatic carbocycles. The largest absolute Gasteiger partial charge is 0.465 e. The molecule has 0 bridgehead atoms. The molecule has 0 spiro atoms. The minimum Gasteiger partial charge on any atom is -0.465 e. The van der Waals surface area contributed by atoms with E-state index >= 15 is 0 Å². The Labute approximate surface area is 247 Å². The molecule has 24 heteroatoms. The van der Waals surface area contributed by atoms with E-state index in [0.29, 0.717) is 0 Å². The molecule has 0 radical (unpaired) electrons. The van der Waals surface area contributed by atoms with Crippen molar-refractivity contribution in [3.05, 3.63) is 0 Å². The fourth-order valence-electron chi connectivity index (χ4n) is 2.85. The first-order chi connectivity index (χ1) is 20.1. The van der Waals surface area contributed by atoms with Crippen LogP contribution in [-0.2, 0) is 23.8 Å². The van der Waals surface area contributed by atoms with E-state index in [-0.39, 0.29) is 17.6 Å². The van der Waals surface area contributed by atoms with Gasteiger partial charge in [0.05, 0.1) is 72.8 Å². The number of halogens is 18. The van der Waals surface area contributed by atoms with E-state index in [1.807, 2.05) is 0 Å². The number of nitrogens with zero attached hydrogens (tertiary/aromatic N) is 1. The number of esters is 2.